The van der Waals surface area contributed by atoms with Gasteiger partial charge in [-0.25, -0.2) is 0 Å². The zero-order valence-electron chi connectivity index (χ0n) is 11.4. The molecule has 1 aliphatic rings. The van der Waals surface area contributed by atoms with E-state index in [0.717, 1.165) is 12.8 Å². The summed E-state index contributed by atoms with van der Waals surface area (Å²) in [6.07, 6.45) is 1.52. The van der Waals surface area contributed by atoms with E-state index < -0.39 is 0 Å². The highest BCUT2D eigenvalue weighted by Crippen LogP contribution is 2.12. The number of Topliss-reactive ketones (excluding diaryl/α,β-unsaturated/α-hetero) is 1. The smallest absolute Gasteiger partial charge is 0.230 e. The third-order valence-corrected chi connectivity index (χ3v) is 3.12. The SMILES string of the molecule is CC(=O)CC(=O)N1CCC(NC(=O)C(C)C)CC1. The molecular formula is C13H22N2O3. The average molecular weight is 254 g/mol. The van der Waals surface area contributed by atoms with E-state index in [2.05, 4.69) is 5.32 Å². The highest BCUT2D eigenvalue weighted by molar-refractivity contribution is 5.96. The third kappa shape index (κ3) is 4.47. The molecule has 0 spiro atoms. The zero-order chi connectivity index (χ0) is 13.7. The lowest BCUT2D eigenvalue weighted by Crippen LogP contribution is -2.47. The van der Waals surface area contributed by atoms with Crippen molar-refractivity contribution in [2.45, 2.75) is 46.1 Å². The Balaban J connectivity index is 2.34. The van der Waals surface area contributed by atoms with Crippen LogP contribution in [0.25, 0.3) is 0 Å². The van der Waals surface area contributed by atoms with Gasteiger partial charge in [0.15, 0.2) is 0 Å². The molecule has 0 radical (unpaired) electrons. The highest BCUT2D eigenvalue weighted by Gasteiger charge is 2.24. The van der Waals surface area contributed by atoms with Gasteiger partial charge in [0.2, 0.25) is 11.8 Å². The van der Waals surface area contributed by atoms with Crippen LogP contribution < -0.4 is 5.32 Å². The lowest BCUT2D eigenvalue weighted by atomic mass is 10.0. The van der Waals surface area contributed by atoms with Gasteiger partial charge in [0, 0.05) is 25.0 Å². The Morgan fingerprint density at radius 2 is 1.78 bits per heavy atom. The lowest BCUT2D eigenvalue weighted by molar-refractivity contribution is -0.135. The van der Waals surface area contributed by atoms with Crippen LogP contribution in [0.2, 0.25) is 0 Å². The summed E-state index contributed by atoms with van der Waals surface area (Å²) in [6.45, 7) is 6.39. The summed E-state index contributed by atoms with van der Waals surface area (Å²) in [5.41, 5.74) is 0. The molecule has 1 aliphatic heterocycles. The summed E-state index contributed by atoms with van der Waals surface area (Å²) in [5.74, 6) is -0.155. The molecule has 0 bridgehead atoms. The molecule has 0 aromatic rings. The number of ketones is 1. The molecule has 0 atom stereocenters. The molecule has 102 valence electrons. The van der Waals surface area contributed by atoms with E-state index in [1.165, 1.54) is 6.92 Å². The van der Waals surface area contributed by atoms with Gasteiger partial charge < -0.3 is 10.2 Å². The minimum Gasteiger partial charge on any atom is -0.353 e. The third-order valence-electron chi connectivity index (χ3n) is 3.12. The van der Waals surface area contributed by atoms with Gasteiger partial charge in [-0.05, 0) is 19.8 Å². The van der Waals surface area contributed by atoms with Crippen molar-refractivity contribution in [1.29, 1.82) is 0 Å². The second-order valence-corrected chi connectivity index (χ2v) is 5.20. The van der Waals surface area contributed by atoms with Gasteiger partial charge in [-0.2, -0.15) is 0 Å². The summed E-state index contributed by atoms with van der Waals surface area (Å²) in [6, 6.07) is 0.154. The number of piperidine rings is 1. The molecule has 5 nitrogen and oxygen atoms in total. The molecular weight excluding hydrogens is 232 g/mol. The van der Waals surface area contributed by atoms with Crippen molar-refractivity contribution in [3.63, 3.8) is 0 Å². The number of nitrogens with one attached hydrogen (secondary N) is 1. The number of rotatable bonds is 4. The summed E-state index contributed by atoms with van der Waals surface area (Å²) < 4.78 is 0. The number of hydrogen-bond donors (Lipinski definition) is 1. The Kier molecular flexibility index (Phi) is 5.31. The van der Waals surface area contributed by atoms with Crippen LogP contribution in [0, 0.1) is 5.92 Å². The van der Waals surface area contributed by atoms with Crippen LogP contribution in [0.3, 0.4) is 0 Å². The molecule has 0 aliphatic carbocycles. The Hall–Kier alpha value is -1.39. The van der Waals surface area contributed by atoms with Crippen LogP contribution in [0.5, 0.6) is 0 Å². The van der Waals surface area contributed by atoms with E-state index in [1.807, 2.05) is 13.8 Å². The summed E-state index contributed by atoms with van der Waals surface area (Å²) in [4.78, 5) is 35.8. The van der Waals surface area contributed by atoms with Crippen LogP contribution in [0.4, 0.5) is 0 Å². The number of carbonyl (C=O) groups is 3. The quantitative estimate of drug-likeness (QED) is 0.752. The van der Waals surface area contributed by atoms with Gasteiger partial charge in [0.05, 0.1) is 6.42 Å². The molecule has 0 unspecified atom stereocenters. The first-order valence-corrected chi connectivity index (χ1v) is 6.47. The zero-order valence-corrected chi connectivity index (χ0v) is 11.4. The van der Waals surface area contributed by atoms with Gasteiger partial charge in [-0.1, -0.05) is 13.8 Å². The van der Waals surface area contributed by atoms with Crippen LogP contribution in [-0.2, 0) is 14.4 Å². The van der Waals surface area contributed by atoms with E-state index in [9.17, 15) is 14.4 Å². The highest BCUT2D eigenvalue weighted by atomic mass is 16.2. The fraction of sp³-hybridized carbons (Fsp3) is 0.769. The first kappa shape index (κ1) is 14.7. The molecule has 2 amide bonds. The fourth-order valence-electron chi connectivity index (χ4n) is 1.97. The first-order valence-electron chi connectivity index (χ1n) is 6.47. The minimum atomic E-state index is -0.102. The molecule has 1 saturated heterocycles. The van der Waals surface area contributed by atoms with Crippen molar-refractivity contribution in [1.82, 2.24) is 10.2 Å². The van der Waals surface area contributed by atoms with Gasteiger partial charge in [0.25, 0.3) is 0 Å². The summed E-state index contributed by atoms with van der Waals surface area (Å²) >= 11 is 0. The maximum atomic E-state index is 11.7. The number of amides is 2. The van der Waals surface area contributed by atoms with Crippen molar-refractivity contribution < 1.29 is 14.4 Å². The molecule has 1 N–H and O–H groups in total. The van der Waals surface area contributed by atoms with Gasteiger partial charge >= 0.3 is 0 Å². The Morgan fingerprint density at radius 3 is 2.22 bits per heavy atom. The number of likely N-dealkylation sites (tertiary alicyclic amines) is 1. The van der Waals surface area contributed by atoms with Gasteiger partial charge in [-0.15, -0.1) is 0 Å². The molecule has 5 heteroatoms. The Bertz CT molecular complexity index is 331. The van der Waals surface area contributed by atoms with Crippen molar-refractivity contribution in [2.24, 2.45) is 5.92 Å². The van der Waals surface area contributed by atoms with Crippen molar-refractivity contribution >= 4 is 17.6 Å². The molecule has 0 aromatic heterocycles. The Morgan fingerprint density at radius 1 is 1.22 bits per heavy atom. The summed E-state index contributed by atoms with van der Waals surface area (Å²) in [7, 11) is 0. The van der Waals surface area contributed by atoms with E-state index in [1.54, 1.807) is 4.90 Å². The first-order chi connectivity index (χ1) is 8.40. The van der Waals surface area contributed by atoms with Crippen LogP contribution >= 0.6 is 0 Å². The fourth-order valence-corrected chi connectivity index (χ4v) is 1.97. The largest absolute Gasteiger partial charge is 0.353 e. The second kappa shape index (κ2) is 6.52. The predicted molar refractivity (Wildman–Crippen MR) is 67.9 cm³/mol. The number of carbonyl (C=O) groups excluding carboxylic acids is 3. The monoisotopic (exact) mass is 254 g/mol. The molecule has 1 heterocycles. The normalized spacial score (nSPS) is 16.8. The van der Waals surface area contributed by atoms with Crippen LogP contribution in [0.1, 0.15) is 40.0 Å². The minimum absolute atomic E-state index is 0.0109. The topological polar surface area (TPSA) is 66.5 Å². The van der Waals surface area contributed by atoms with Crippen molar-refractivity contribution in [3.8, 4) is 0 Å². The van der Waals surface area contributed by atoms with E-state index in [-0.39, 0.29) is 36.0 Å². The molecule has 0 aromatic carbocycles. The van der Waals surface area contributed by atoms with Crippen LogP contribution in [0.15, 0.2) is 0 Å². The van der Waals surface area contributed by atoms with E-state index in [0.29, 0.717) is 13.1 Å². The lowest BCUT2D eigenvalue weighted by Gasteiger charge is -2.32. The molecule has 18 heavy (non-hydrogen) atoms. The van der Waals surface area contributed by atoms with Crippen LogP contribution in [-0.4, -0.2) is 41.6 Å². The van der Waals surface area contributed by atoms with E-state index in [4.69, 9.17) is 0 Å². The van der Waals surface area contributed by atoms with Gasteiger partial charge in [-0.3, -0.25) is 14.4 Å². The van der Waals surface area contributed by atoms with Gasteiger partial charge in [0.1, 0.15) is 5.78 Å². The predicted octanol–water partition coefficient (Wildman–Crippen LogP) is 0.729. The standard InChI is InChI=1S/C13H22N2O3/c1-9(2)13(18)14-11-4-6-15(7-5-11)12(17)8-10(3)16/h9,11H,4-8H2,1-3H3,(H,14,18). The summed E-state index contributed by atoms with van der Waals surface area (Å²) in [5, 5.41) is 2.97. The number of hydrogen-bond acceptors (Lipinski definition) is 3. The van der Waals surface area contributed by atoms with Crippen molar-refractivity contribution in [2.75, 3.05) is 13.1 Å². The van der Waals surface area contributed by atoms with Crippen molar-refractivity contribution in [3.05, 3.63) is 0 Å². The van der Waals surface area contributed by atoms with E-state index >= 15 is 0 Å². The maximum Gasteiger partial charge on any atom is 0.230 e. The maximum absolute atomic E-state index is 11.7. The Labute approximate surface area is 108 Å². The molecule has 1 fully saturated rings. The number of nitrogens with zero attached hydrogens (tertiary/aromatic N) is 1. The molecule has 1 rings (SSSR count). The molecule has 0 saturated carbocycles. The average Bonchev–Trinajstić information content (AvgIpc) is 2.28. The second-order valence-electron chi connectivity index (χ2n) is 5.20.